The van der Waals surface area contributed by atoms with Crippen molar-refractivity contribution < 1.29 is 0 Å². The minimum atomic E-state index is 0.560. The molecule has 0 N–H and O–H groups in total. The second-order valence-electron chi connectivity index (χ2n) is 4.37. The van der Waals surface area contributed by atoms with Gasteiger partial charge in [0, 0.05) is 21.4 Å². The zero-order chi connectivity index (χ0) is 13.0. The van der Waals surface area contributed by atoms with Crippen LogP contribution in [0, 0.1) is 12.8 Å². The highest BCUT2D eigenvalue weighted by Gasteiger charge is 2.12. The Morgan fingerprint density at radius 1 is 1.33 bits per heavy atom. The van der Waals surface area contributed by atoms with Crippen LogP contribution in [0.4, 0.5) is 0 Å². The molecule has 1 aromatic carbocycles. The molecule has 96 valence electrons. The van der Waals surface area contributed by atoms with Gasteiger partial charge in [0.2, 0.25) is 0 Å². The maximum Gasteiger partial charge on any atom is 0.0896 e. The van der Waals surface area contributed by atoms with Gasteiger partial charge in [0.15, 0.2) is 0 Å². The lowest BCUT2D eigenvalue weighted by atomic mass is 9.97. The van der Waals surface area contributed by atoms with E-state index in [0.717, 1.165) is 28.2 Å². The Balaban J connectivity index is 2.04. The number of benzene rings is 1. The fourth-order valence-corrected chi connectivity index (χ4v) is 3.52. The summed E-state index contributed by atoms with van der Waals surface area (Å²) in [7, 11) is 0. The fraction of sp³-hybridized carbons (Fsp3) is 0.357. The standard InChI is InChI=1S/C14H15BrClNS/c1-10-17-9-13(18-10)7-11(8-15)6-12-4-2-3-5-14(12)16/h2-5,9,11H,6-8H2,1H3. The van der Waals surface area contributed by atoms with Crippen LogP contribution in [0.5, 0.6) is 0 Å². The van der Waals surface area contributed by atoms with E-state index >= 15 is 0 Å². The molecule has 0 bridgehead atoms. The quantitative estimate of drug-likeness (QED) is 0.703. The van der Waals surface area contributed by atoms with Crippen molar-refractivity contribution in [3.8, 4) is 0 Å². The van der Waals surface area contributed by atoms with Crippen LogP contribution in [0.1, 0.15) is 15.4 Å². The maximum absolute atomic E-state index is 6.21. The van der Waals surface area contributed by atoms with Gasteiger partial charge in [-0.05, 0) is 37.3 Å². The Morgan fingerprint density at radius 2 is 2.11 bits per heavy atom. The van der Waals surface area contributed by atoms with Crippen molar-refractivity contribution in [1.29, 1.82) is 0 Å². The summed E-state index contributed by atoms with van der Waals surface area (Å²) in [5.74, 6) is 0.560. The number of thiazole rings is 1. The van der Waals surface area contributed by atoms with Crippen LogP contribution < -0.4 is 0 Å². The summed E-state index contributed by atoms with van der Waals surface area (Å²) in [6.07, 6.45) is 4.05. The molecule has 1 heterocycles. The van der Waals surface area contributed by atoms with E-state index in [1.54, 1.807) is 11.3 Å². The van der Waals surface area contributed by atoms with E-state index in [1.165, 1.54) is 10.4 Å². The largest absolute Gasteiger partial charge is 0.250 e. The molecule has 18 heavy (non-hydrogen) atoms. The van der Waals surface area contributed by atoms with E-state index in [9.17, 15) is 0 Å². The summed E-state index contributed by atoms with van der Waals surface area (Å²) < 4.78 is 0. The Morgan fingerprint density at radius 3 is 2.72 bits per heavy atom. The van der Waals surface area contributed by atoms with Crippen molar-refractivity contribution in [1.82, 2.24) is 4.98 Å². The van der Waals surface area contributed by atoms with Gasteiger partial charge in [-0.3, -0.25) is 0 Å². The fourth-order valence-electron chi connectivity index (χ4n) is 1.94. The molecule has 0 saturated carbocycles. The lowest BCUT2D eigenvalue weighted by molar-refractivity contribution is 0.596. The predicted octanol–water partition coefficient (Wildman–Crippen LogP) is 4.90. The SMILES string of the molecule is Cc1ncc(CC(CBr)Cc2ccccc2Cl)s1. The lowest BCUT2D eigenvalue weighted by Crippen LogP contribution is -2.09. The number of aromatic nitrogens is 1. The van der Waals surface area contributed by atoms with E-state index < -0.39 is 0 Å². The molecule has 0 spiro atoms. The molecule has 0 aliphatic rings. The topological polar surface area (TPSA) is 12.9 Å². The Labute approximate surface area is 125 Å². The molecule has 1 atom stereocenters. The van der Waals surface area contributed by atoms with Gasteiger partial charge in [0.1, 0.15) is 0 Å². The first kappa shape index (κ1) is 14.0. The molecule has 1 nitrogen and oxygen atoms in total. The molecule has 0 fully saturated rings. The van der Waals surface area contributed by atoms with Crippen molar-refractivity contribution in [3.05, 3.63) is 50.9 Å². The molecule has 0 aliphatic heterocycles. The molecule has 0 radical (unpaired) electrons. The van der Waals surface area contributed by atoms with Crippen LogP contribution in [-0.4, -0.2) is 10.3 Å². The van der Waals surface area contributed by atoms with Crippen molar-refractivity contribution in [2.75, 3.05) is 5.33 Å². The van der Waals surface area contributed by atoms with E-state index in [1.807, 2.05) is 31.3 Å². The van der Waals surface area contributed by atoms with Crippen LogP contribution in [0.2, 0.25) is 5.02 Å². The second kappa shape index (κ2) is 6.69. The molecule has 2 rings (SSSR count). The van der Waals surface area contributed by atoms with Crippen LogP contribution in [0.15, 0.2) is 30.5 Å². The van der Waals surface area contributed by atoms with E-state index in [0.29, 0.717) is 5.92 Å². The third kappa shape index (κ3) is 3.81. The number of halogens is 2. The molecule has 2 aromatic rings. The molecule has 4 heteroatoms. The number of alkyl halides is 1. The third-order valence-corrected chi connectivity index (χ3v) is 5.06. The van der Waals surface area contributed by atoms with E-state index in [4.69, 9.17) is 11.6 Å². The number of nitrogens with zero attached hydrogens (tertiary/aromatic N) is 1. The zero-order valence-corrected chi connectivity index (χ0v) is 13.4. The van der Waals surface area contributed by atoms with Gasteiger partial charge in [0.05, 0.1) is 5.01 Å². The molecule has 1 unspecified atom stereocenters. The van der Waals surface area contributed by atoms with Gasteiger partial charge in [-0.2, -0.15) is 0 Å². The van der Waals surface area contributed by atoms with Crippen LogP contribution in [0.25, 0.3) is 0 Å². The average molecular weight is 345 g/mol. The predicted molar refractivity (Wildman–Crippen MR) is 83.0 cm³/mol. The van der Waals surface area contributed by atoms with Gasteiger partial charge >= 0.3 is 0 Å². The smallest absolute Gasteiger partial charge is 0.0896 e. The highest BCUT2D eigenvalue weighted by Crippen LogP contribution is 2.24. The first-order valence-electron chi connectivity index (χ1n) is 5.89. The number of hydrogen-bond donors (Lipinski definition) is 0. The number of rotatable bonds is 5. The van der Waals surface area contributed by atoms with Gasteiger partial charge < -0.3 is 0 Å². The Bertz CT molecular complexity index is 512. The van der Waals surface area contributed by atoms with Gasteiger partial charge in [-0.15, -0.1) is 11.3 Å². The summed E-state index contributed by atoms with van der Waals surface area (Å²) >= 11 is 11.6. The lowest BCUT2D eigenvalue weighted by Gasteiger charge is -2.13. The Kier molecular flexibility index (Phi) is 5.22. The highest BCUT2D eigenvalue weighted by molar-refractivity contribution is 9.09. The Hall–Kier alpha value is -0.380. The molecular formula is C14H15BrClNS. The molecule has 0 amide bonds. The first-order valence-corrected chi connectivity index (χ1v) is 8.21. The van der Waals surface area contributed by atoms with Crippen molar-refractivity contribution in [2.24, 2.45) is 5.92 Å². The first-order chi connectivity index (χ1) is 8.69. The summed E-state index contributed by atoms with van der Waals surface area (Å²) in [5, 5.41) is 2.98. The zero-order valence-electron chi connectivity index (χ0n) is 10.2. The summed E-state index contributed by atoms with van der Waals surface area (Å²) in [6, 6.07) is 8.08. The second-order valence-corrected chi connectivity index (χ2v) is 6.74. The average Bonchev–Trinajstić information content (AvgIpc) is 2.76. The number of hydrogen-bond acceptors (Lipinski definition) is 2. The maximum atomic E-state index is 6.21. The third-order valence-electron chi connectivity index (χ3n) is 2.84. The molecule has 0 aliphatic carbocycles. The van der Waals surface area contributed by atoms with Crippen LogP contribution >= 0.6 is 38.9 Å². The highest BCUT2D eigenvalue weighted by atomic mass is 79.9. The molecule has 1 aromatic heterocycles. The van der Waals surface area contributed by atoms with E-state index in [-0.39, 0.29) is 0 Å². The van der Waals surface area contributed by atoms with Crippen LogP contribution in [-0.2, 0) is 12.8 Å². The summed E-state index contributed by atoms with van der Waals surface area (Å²) in [5.41, 5.74) is 1.23. The van der Waals surface area contributed by atoms with Crippen LogP contribution in [0.3, 0.4) is 0 Å². The summed E-state index contributed by atoms with van der Waals surface area (Å²) in [4.78, 5) is 5.66. The van der Waals surface area contributed by atoms with Gasteiger partial charge in [-0.25, -0.2) is 4.98 Å². The number of aryl methyl sites for hydroxylation is 1. The summed E-state index contributed by atoms with van der Waals surface area (Å²) in [6.45, 7) is 2.05. The van der Waals surface area contributed by atoms with E-state index in [2.05, 4.69) is 27.0 Å². The van der Waals surface area contributed by atoms with Gasteiger partial charge in [0.25, 0.3) is 0 Å². The van der Waals surface area contributed by atoms with Crippen molar-refractivity contribution in [3.63, 3.8) is 0 Å². The molecule has 0 saturated heterocycles. The van der Waals surface area contributed by atoms with Crippen molar-refractivity contribution >= 4 is 38.9 Å². The monoisotopic (exact) mass is 343 g/mol. The van der Waals surface area contributed by atoms with Gasteiger partial charge in [-0.1, -0.05) is 45.7 Å². The van der Waals surface area contributed by atoms with Crippen molar-refractivity contribution in [2.45, 2.75) is 19.8 Å². The normalized spacial score (nSPS) is 12.6. The molecular weight excluding hydrogens is 330 g/mol. The minimum Gasteiger partial charge on any atom is -0.250 e. The minimum absolute atomic E-state index is 0.560.